The Labute approximate surface area is 247 Å². The Kier molecular flexibility index (Phi) is 4.81. The van der Waals surface area contributed by atoms with Crippen molar-refractivity contribution in [3.63, 3.8) is 0 Å². The van der Waals surface area contributed by atoms with Crippen LogP contribution in [0.3, 0.4) is 0 Å². The molecule has 0 saturated heterocycles. The first-order chi connectivity index (χ1) is 20.3. The van der Waals surface area contributed by atoms with Crippen molar-refractivity contribution < 1.29 is 4.42 Å². The highest BCUT2D eigenvalue weighted by Gasteiger charge is 2.23. The standard InChI is InChI=1S/C35H19IN4O/c36-25-16-9-17-26-30(25)21-12-4-5-13-22(21)35-39-34-32(40(26)35)31(37-33(38-34)20-10-2-1-3-11-20)24-15-8-19-28-29(24)23-14-6-7-18-27(23)41-28/h1-19H. The lowest BCUT2D eigenvalue weighted by Crippen LogP contribution is -1.98. The van der Waals surface area contributed by atoms with Gasteiger partial charge in [0.25, 0.3) is 0 Å². The second kappa shape index (κ2) is 8.59. The van der Waals surface area contributed by atoms with E-state index in [1.165, 1.54) is 14.3 Å². The zero-order valence-corrected chi connectivity index (χ0v) is 23.7. The zero-order chi connectivity index (χ0) is 27.1. The number of halogens is 1. The molecule has 5 nitrogen and oxygen atoms in total. The molecule has 0 aliphatic heterocycles. The van der Waals surface area contributed by atoms with Crippen LogP contribution in [0.4, 0.5) is 0 Å². The minimum atomic E-state index is 0.643. The maximum absolute atomic E-state index is 6.29. The van der Waals surface area contributed by atoms with Gasteiger partial charge < -0.3 is 4.42 Å². The highest BCUT2D eigenvalue weighted by atomic mass is 127. The van der Waals surface area contributed by atoms with E-state index < -0.39 is 0 Å². The van der Waals surface area contributed by atoms with Gasteiger partial charge in [0.2, 0.25) is 0 Å². The number of benzene rings is 5. The monoisotopic (exact) mass is 638 g/mol. The molecule has 41 heavy (non-hydrogen) atoms. The van der Waals surface area contributed by atoms with Gasteiger partial charge in [-0.2, -0.15) is 0 Å². The van der Waals surface area contributed by atoms with Gasteiger partial charge in [0.05, 0.1) is 5.52 Å². The summed E-state index contributed by atoms with van der Waals surface area (Å²) in [6.07, 6.45) is 0. The van der Waals surface area contributed by atoms with E-state index >= 15 is 0 Å². The molecule has 0 saturated carbocycles. The number of imidazole rings is 1. The molecule has 9 rings (SSSR count). The molecule has 0 unspecified atom stereocenters. The van der Waals surface area contributed by atoms with E-state index in [4.69, 9.17) is 19.4 Å². The highest BCUT2D eigenvalue weighted by Crippen LogP contribution is 2.41. The molecule has 0 N–H and O–H groups in total. The van der Waals surface area contributed by atoms with E-state index in [1.54, 1.807) is 0 Å². The Balaban J connectivity index is 1.54. The number of fused-ring (bicyclic) bond motifs is 11. The van der Waals surface area contributed by atoms with Crippen LogP contribution >= 0.6 is 22.6 Å². The Morgan fingerprint density at radius 2 is 1.32 bits per heavy atom. The molecule has 4 aromatic heterocycles. The van der Waals surface area contributed by atoms with Crippen LogP contribution in [0.15, 0.2) is 120 Å². The molecule has 0 aliphatic carbocycles. The molecule has 4 heterocycles. The van der Waals surface area contributed by atoms with Gasteiger partial charge in [-0.1, -0.05) is 91.0 Å². The largest absolute Gasteiger partial charge is 0.456 e. The zero-order valence-electron chi connectivity index (χ0n) is 21.5. The minimum Gasteiger partial charge on any atom is -0.456 e. The van der Waals surface area contributed by atoms with Crippen LogP contribution in [0.1, 0.15) is 0 Å². The quantitative estimate of drug-likeness (QED) is 0.140. The predicted molar refractivity (Wildman–Crippen MR) is 174 cm³/mol. The lowest BCUT2D eigenvalue weighted by molar-refractivity contribution is 0.669. The van der Waals surface area contributed by atoms with Gasteiger partial charge in [0.15, 0.2) is 11.5 Å². The molecule has 6 heteroatoms. The number of pyridine rings is 1. The van der Waals surface area contributed by atoms with Crippen molar-refractivity contribution in [2.24, 2.45) is 0 Å². The van der Waals surface area contributed by atoms with E-state index in [0.29, 0.717) is 11.5 Å². The Morgan fingerprint density at radius 1 is 0.585 bits per heavy atom. The fraction of sp³-hybridized carbons (Fsp3) is 0. The van der Waals surface area contributed by atoms with Gasteiger partial charge in [0, 0.05) is 36.2 Å². The number of hydrogen-bond acceptors (Lipinski definition) is 4. The molecule has 192 valence electrons. The van der Waals surface area contributed by atoms with Gasteiger partial charge >= 0.3 is 0 Å². The lowest BCUT2D eigenvalue weighted by atomic mass is 10.0. The first-order valence-electron chi connectivity index (χ1n) is 13.4. The number of furan rings is 1. The third-order valence-corrected chi connectivity index (χ3v) is 8.77. The van der Waals surface area contributed by atoms with Crippen molar-refractivity contribution in [3.05, 3.63) is 119 Å². The van der Waals surface area contributed by atoms with Gasteiger partial charge in [-0.15, -0.1) is 0 Å². The summed E-state index contributed by atoms with van der Waals surface area (Å²) in [5.74, 6) is 0.643. The Morgan fingerprint density at radius 3 is 2.20 bits per heavy atom. The average Bonchev–Trinajstić information content (AvgIpc) is 3.60. The van der Waals surface area contributed by atoms with Gasteiger partial charge in [-0.3, -0.25) is 4.40 Å². The number of para-hydroxylation sites is 1. The van der Waals surface area contributed by atoms with Gasteiger partial charge in [0.1, 0.15) is 28.0 Å². The minimum absolute atomic E-state index is 0.643. The molecule has 0 atom stereocenters. The molecular formula is C35H19IN4O. The second-order valence-corrected chi connectivity index (χ2v) is 11.3. The normalized spacial score (nSPS) is 12.0. The molecule has 0 bridgehead atoms. The molecular weight excluding hydrogens is 619 g/mol. The van der Waals surface area contributed by atoms with Crippen LogP contribution in [-0.4, -0.2) is 19.4 Å². The van der Waals surface area contributed by atoms with E-state index in [0.717, 1.165) is 60.8 Å². The summed E-state index contributed by atoms with van der Waals surface area (Å²) in [6, 6.07) is 39.4. The third-order valence-electron chi connectivity index (χ3n) is 7.87. The average molecular weight is 638 g/mol. The fourth-order valence-electron chi connectivity index (χ4n) is 6.14. The summed E-state index contributed by atoms with van der Waals surface area (Å²) in [6.45, 7) is 0. The van der Waals surface area contributed by atoms with E-state index in [2.05, 4.69) is 87.7 Å². The summed E-state index contributed by atoms with van der Waals surface area (Å²) in [7, 11) is 0. The van der Waals surface area contributed by atoms with Crippen LogP contribution in [0.5, 0.6) is 0 Å². The summed E-state index contributed by atoms with van der Waals surface area (Å²) < 4.78 is 9.72. The molecule has 0 spiro atoms. The van der Waals surface area contributed by atoms with Crippen molar-refractivity contribution in [1.82, 2.24) is 19.4 Å². The highest BCUT2D eigenvalue weighted by molar-refractivity contribution is 14.1. The van der Waals surface area contributed by atoms with Crippen LogP contribution in [0.2, 0.25) is 0 Å². The molecule has 0 radical (unpaired) electrons. The molecule has 0 aliphatic rings. The summed E-state index contributed by atoms with van der Waals surface area (Å²) >= 11 is 2.44. The Bertz CT molecular complexity index is 2500. The molecule has 9 aromatic rings. The number of rotatable bonds is 2. The van der Waals surface area contributed by atoms with Crippen molar-refractivity contribution in [2.75, 3.05) is 0 Å². The van der Waals surface area contributed by atoms with Crippen LogP contribution in [0.25, 0.3) is 83.1 Å². The summed E-state index contributed by atoms with van der Waals surface area (Å²) in [4.78, 5) is 15.6. The number of hydrogen-bond donors (Lipinski definition) is 0. The van der Waals surface area contributed by atoms with Gasteiger partial charge in [-0.05, 0) is 52.2 Å². The van der Waals surface area contributed by atoms with E-state index in [1.807, 2.05) is 54.6 Å². The SMILES string of the molecule is Ic1cccc2c1c1ccccc1c1nc3nc(-c4ccccc4)nc(-c4cccc5oc6ccccc6c45)c3n21. The van der Waals surface area contributed by atoms with Crippen LogP contribution in [-0.2, 0) is 0 Å². The van der Waals surface area contributed by atoms with Crippen molar-refractivity contribution >= 4 is 83.0 Å². The first-order valence-corrected chi connectivity index (χ1v) is 14.5. The maximum atomic E-state index is 6.29. The van der Waals surface area contributed by atoms with E-state index in [9.17, 15) is 0 Å². The fourth-order valence-corrected chi connectivity index (χ4v) is 6.91. The smallest absolute Gasteiger partial charge is 0.183 e. The first kappa shape index (κ1) is 22.9. The van der Waals surface area contributed by atoms with Crippen LogP contribution in [0, 0.1) is 3.57 Å². The van der Waals surface area contributed by atoms with E-state index in [-0.39, 0.29) is 0 Å². The molecule has 0 amide bonds. The Hall–Kier alpha value is -4.82. The lowest BCUT2D eigenvalue weighted by Gasteiger charge is -2.12. The van der Waals surface area contributed by atoms with Crippen molar-refractivity contribution in [2.45, 2.75) is 0 Å². The topological polar surface area (TPSA) is 56.2 Å². The molecule has 0 fully saturated rings. The summed E-state index contributed by atoms with van der Waals surface area (Å²) in [5.41, 5.74) is 7.94. The van der Waals surface area contributed by atoms with Crippen molar-refractivity contribution in [3.8, 4) is 22.6 Å². The molecule has 5 aromatic carbocycles. The van der Waals surface area contributed by atoms with Gasteiger partial charge in [-0.25, -0.2) is 15.0 Å². The predicted octanol–water partition coefficient (Wildman–Crippen LogP) is 9.42. The second-order valence-electron chi connectivity index (χ2n) is 10.2. The third kappa shape index (κ3) is 3.25. The van der Waals surface area contributed by atoms with Crippen LogP contribution < -0.4 is 0 Å². The maximum Gasteiger partial charge on any atom is 0.183 e. The number of aromatic nitrogens is 4. The summed E-state index contributed by atoms with van der Waals surface area (Å²) in [5, 5.41) is 5.56. The van der Waals surface area contributed by atoms with Crippen molar-refractivity contribution in [1.29, 1.82) is 0 Å². The number of nitrogens with zero attached hydrogens (tertiary/aromatic N) is 4.